The topological polar surface area (TPSA) is 77.7 Å². The lowest BCUT2D eigenvalue weighted by Crippen LogP contribution is -2.24. The van der Waals surface area contributed by atoms with E-state index in [0.29, 0.717) is 31.3 Å². The minimum absolute atomic E-state index is 0.0392. The van der Waals surface area contributed by atoms with Crippen LogP contribution in [0.4, 0.5) is 5.69 Å². The lowest BCUT2D eigenvalue weighted by atomic mass is 10.1. The number of methoxy groups -OCH3 is 1. The summed E-state index contributed by atoms with van der Waals surface area (Å²) in [7, 11) is 1.62. The van der Waals surface area contributed by atoms with Gasteiger partial charge in [-0.25, -0.2) is 0 Å². The smallest absolute Gasteiger partial charge is 0.232 e. The second-order valence-electron chi connectivity index (χ2n) is 6.93. The van der Waals surface area contributed by atoms with E-state index in [1.165, 1.54) is 0 Å². The number of ether oxygens (including phenoxy) is 2. The van der Waals surface area contributed by atoms with Crippen LogP contribution in [0.5, 0.6) is 11.5 Å². The molecule has 1 aromatic heterocycles. The molecule has 1 atom stereocenters. The van der Waals surface area contributed by atoms with Gasteiger partial charge in [-0.15, -0.1) is 0 Å². The van der Waals surface area contributed by atoms with Gasteiger partial charge in [0.15, 0.2) is 0 Å². The fraction of sp³-hybridized carbons (Fsp3) is 0.318. The van der Waals surface area contributed by atoms with Gasteiger partial charge >= 0.3 is 0 Å². The van der Waals surface area contributed by atoms with Crippen molar-refractivity contribution in [1.29, 1.82) is 0 Å². The molecule has 0 saturated carbocycles. The molecule has 0 bridgehead atoms. The summed E-state index contributed by atoms with van der Waals surface area (Å²) in [4.78, 5) is 18.8. The van der Waals surface area contributed by atoms with E-state index < -0.39 is 0 Å². The van der Waals surface area contributed by atoms with Crippen molar-refractivity contribution in [2.45, 2.75) is 25.7 Å². The molecule has 2 heterocycles. The van der Waals surface area contributed by atoms with Gasteiger partial charge in [-0.05, 0) is 55.0 Å². The Hall–Kier alpha value is -3.35. The Labute approximate surface area is 169 Å². The zero-order chi connectivity index (χ0) is 20.2. The number of amides is 1. The van der Waals surface area contributed by atoms with Crippen LogP contribution >= 0.6 is 0 Å². The Morgan fingerprint density at radius 2 is 1.83 bits per heavy atom. The molecule has 1 amide bonds. The summed E-state index contributed by atoms with van der Waals surface area (Å²) in [5.74, 6) is 2.48. The van der Waals surface area contributed by atoms with Crippen molar-refractivity contribution < 1.29 is 18.8 Å². The van der Waals surface area contributed by atoms with E-state index in [9.17, 15) is 4.79 Å². The first-order valence-corrected chi connectivity index (χ1v) is 9.69. The molecular formula is C22H23N3O4. The summed E-state index contributed by atoms with van der Waals surface area (Å²) in [5.41, 5.74) is 1.68. The molecule has 0 radical (unpaired) electrons. The molecule has 1 aliphatic heterocycles. The number of hydrogen-bond donors (Lipinski definition) is 0. The van der Waals surface area contributed by atoms with Crippen molar-refractivity contribution in [3.05, 3.63) is 54.4 Å². The second kappa shape index (κ2) is 8.34. The Bertz CT molecular complexity index is 966. The van der Waals surface area contributed by atoms with Crippen molar-refractivity contribution in [1.82, 2.24) is 10.1 Å². The molecule has 0 aliphatic carbocycles. The first kappa shape index (κ1) is 19.0. The number of aromatic nitrogens is 2. The molecule has 1 unspecified atom stereocenters. The van der Waals surface area contributed by atoms with Gasteiger partial charge in [0.05, 0.1) is 19.6 Å². The van der Waals surface area contributed by atoms with Crippen molar-refractivity contribution in [2.75, 3.05) is 25.2 Å². The van der Waals surface area contributed by atoms with E-state index in [2.05, 4.69) is 17.1 Å². The number of rotatable bonds is 7. The first-order chi connectivity index (χ1) is 14.2. The van der Waals surface area contributed by atoms with Crippen LogP contribution in [0.15, 0.2) is 53.1 Å². The Morgan fingerprint density at radius 1 is 1.10 bits per heavy atom. The Kier molecular flexibility index (Phi) is 5.46. The fourth-order valence-corrected chi connectivity index (χ4v) is 3.32. The zero-order valence-corrected chi connectivity index (χ0v) is 16.5. The minimum Gasteiger partial charge on any atom is -0.497 e. The van der Waals surface area contributed by atoms with E-state index in [4.69, 9.17) is 14.0 Å². The maximum absolute atomic E-state index is 12.5. The Morgan fingerprint density at radius 3 is 2.52 bits per heavy atom. The van der Waals surface area contributed by atoms with Gasteiger partial charge < -0.3 is 18.9 Å². The van der Waals surface area contributed by atoms with E-state index in [-0.39, 0.29) is 11.8 Å². The monoisotopic (exact) mass is 393 g/mol. The van der Waals surface area contributed by atoms with Crippen LogP contribution in [0, 0.1) is 0 Å². The van der Waals surface area contributed by atoms with Crippen LogP contribution in [0.25, 0.3) is 11.4 Å². The van der Waals surface area contributed by atoms with Crippen LogP contribution in [0.3, 0.4) is 0 Å². The lowest BCUT2D eigenvalue weighted by molar-refractivity contribution is -0.117. The molecule has 1 saturated heterocycles. The molecule has 1 aliphatic rings. The molecule has 29 heavy (non-hydrogen) atoms. The van der Waals surface area contributed by atoms with Crippen LogP contribution in [0.1, 0.15) is 31.6 Å². The molecule has 4 rings (SSSR count). The highest BCUT2D eigenvalue weighted by molar-refractivity contribution is 5.96. The van der Waals surface area contributed by atoms with Crippen LogP contribution in [-0.2, 0) is 4.79 Å². The standard InChI is InChI=1S/C22H23N3O4/c1-3-12-28-19-8-4-15(5-9-19)21-23-22(29-24-21)16-13-20(26)25(14-16)17-6-10-18(27-2)11-7-17/h4-11,16H,3,12-14H2,1-2H3. The molecule has 0 spiro atoms. The molecule has 2 aromatic carbocycles. The average Bonchev–Trinajstić information content (AvgIpc) is 3.40. The quantitative estimate of drug-likeness (QED) is 0.603. The van der Waals surface area contributed by atoms with E-state index >= 15 is 0 Å². The summed E-state index contributed by atoms with van der Waals surface area (Å²) in [6, 6.07) is 15.0. The Balaban J connectivity index is 1.46. The molecule has 7 nitrogen and oxygen atoms in total. The van der Waals surface area contributed by atoms with Gasteiger partial charge in [0.1, 0.15) is 11.5 Å². The third-order valence-electron chi connectivity index (χ3n) is 4.89. The number of carbonyl (C=O) groups is 1. The minimum atomic E-state index is -0.127. The lowest BCUT2D eigenvalue weighted by Gasteiger charge is -2.16. The van der Waals surface area contributed by atoms with E-state index in [1.807, 2.05) is 48.5 Å². The maximum Gasteiger partial charge on any atom is 0.232 e. The summed E-state index contributed by atoms with van der Waals surface area (Å²) in [6.45, 7) is 3.27. The largest absolute Gasteiger partial charge is 0.497 e. The van der Waals surface area contributed by atoms with Crippen molar-refractivity contribution in [2.24, 2.45) is 0 Å². The zero-order valence-electron chi connectivity index (χ0n) is 16.5. The summed E-state index contributed by atoms with van der Waals surface area (Å²) in [6.07, 6.45) is 1.31. The number of anilines is 1. The van der Waals surface area contributed by atoms with Crippen LogP contribution in [0.2, 0.25) is 0 Å². The second-order valence-corrected chi connectivity index (χ2v) is 6.93. The van der Waals surface area contributed by atoms with Gasteiger partial charge in [0.2, 0.25) is 17.6 Å². The highest BCUT2D eigenvalue weighted by Crippen LogP contribution is 2.32. The third kappa shape index (κ3) is 4.08. The SMILES string of the molecule is CCCOc1ccc(-c2noc(C3CC(=O)N(c4ccc(OC)cc4)C3)n2)cc1. The van der Waals surface area contributed by atoms with Gasteiger partial charge in [0.25, 0.3) is 0 Å². The number of nitrogens with zero attached hydrogens (tertiary/aromatic N) is 3. The van der Waals surface area contributed by atoms with Gasteiger partial charge in [-0.3, -0.25) is 4.79 Å². The average molecular weight is 393 g/mol. The molecule has 1 fully saturated rings. The van der Waals surface area contributed by atoms with Crippen molar-refractivity contribution in [3.63, 3.8) is 0 Å². The molecule has 7 heteroatoms. The first-order valence-electron chi connectivity index (χ1n) is 9.69. The van der Waals surface area contributed by atoms with E-state index in [1.54, 1.807) is 12.0 Å². The maximum atomic E-state index is 12.5. The van der Waals surface area contributed by atoms with Crippen molar-refractivity contribution >= 4 is 11.6 Å². The third-order valence-corrected chi connectivity index (χ3v) is 4.89. The van der Waals surface area contributed by atoms with Gasteiger partial charge in [-0.1, -0.05) is 12.1 Å². The molecule has 150 valence electrons. The summed E-state index contributed by atoms with van der Waals surface area (Å²) in [5, 5.41) is 4.10. The number of benzene rings is 2. The fourth-order valence-electron chi connectivity index (χ4n) is 3.32. The van der Waals surface area contributed by atoms with Crippen molar-refractivity contribution in [3.8, 4) is 22.9 Å². The molecule has 3 aromatic rings. The number of carbonyl (C=O) groups excluding carboxylic acids is 1. The highest BCUT2D eigenvalue weighted by Gasteiger charge is 2.35. The number of hydrogen-bond acceptors (Lipinski definition) is 6. The van der Waals surface area contributed by atoms with Gasteiger partial charge in [-0.2, -0.15) is 4.98 Å². The highest BCUT2D eigenvalue weighted by atomic mass is 16.5. The van der Waals surface area contributed by atoms with Gasteiger partial charge in [0, 0.05) is 24.2 Å². The summed E-state index contributed by atoms with van der Waals surface area (Å²) < 4.78 is 16.2. The normalized spacial score (nSPS) is 16.3. The van der Waals surface area contributed by atoms with Crippen LogP contribution in [-0.4, -0.2) is 36.3 Å². The van der Waals surface area contributed by atoms with Crippen LogP contribution < -0.4 is 14.4 Å². The van der Waals surface area contributed by atoms with E-state index in [0.717, 1.165) is 29.2 Å². The predicted molar refractivity (Wildman–Crippen MR) is 108 cm³/mol. The molecule has 0 N–H and O–H groups in total. The summed E-state index contributed by atoms with van der Waals surface area (Å²) >= 11 is 0. The molecular weight excluding hydrogens is 370 g/mol. The predicted octanol–water partition coefficient (Wildman–Crippen LogP) is 4.05.